The molecule has 2 aromatic heterocycles. The Labute approximate surface area is 87.5 Å². The molecule has 0 aliphatic heterocycles. The molecule has 0 amide bonds. The summed E-state index contributed by atoms with van der Waals surface area (Å²) in [4.78, 5) is 4.00. The molecule has 0 unspecified atom stereocenters. The smallest absolute Gasteiger partial charge is 0.232 e. The molecule has 2 heterocycles. The normalized spacial score (nSPS) is 11.3. The first kappa shape index (κ1) is 9.96. The van der Waals surface area contributed by atoms with Crippen LogP contribution in [0.1, 0.15) is 25.3 Å². The fourth-order valence-electron chi connectivity index (χ4n) is 1.47. The topological polar surface area (TPSA) is 26.5 Å². The molecule has 80 valence electrons. The predicted octanol–water partition coefficient (Wildman–Crippen LogP) is 2.61. The summed E-state index contributed by atoms with van der Waals surface area (Å²) in [5, 5.41) is 0. The zero-order chi connectivity index (χ0) is 11.0. The Morgan fingerprint density at radius 1 is 1.40 bits per heavy atom. The lowest BCUT2D eigenvalue weighted by molar-refractivity contribution is 0.400. The van der Waals surface area contributed by atoms with Crippen molar-refractivity contribution in [1.29, 1.82) is 0 Å². The molecule has 4 heteroatoms. The van der Waals surface area contributed by atoms with Gasteiger partial charge in [0.05, 0.1) is 13.3 Å². The van der Waals surface area contributed by atoms with Crippen LogP contribution in [0.15, 0.2) is 18.5 Å². The van der Waals surface area contributed by atoms with Gasteiger partial charge in [-0.2, -0.15) is 4.98 Å². The van der Waals surface area contributed by atoms with Gasteiger partial charge < -0.3 is 9.14 Å². The number of hydrogen-bond donors (Lipinski definition) is 0. The van der Waals surface area contributed by atoms with Crippen molar-refractivity contribution in [3.63, 3.8) is 0 Å². The Morgan fingerprint density at radius 2 is 2.13 bits per heavy atom. The van der Waals surface area contributed by atoms with Crippen LogP contribution in [0.25, 0.3) is 5.65 Å². The third-order valence-electron chi connectivity index (χ3n) is 2.38. The summed E-state index contributed by atoms with van der Waals surface area (Å²) in [6, 6.07) is 1.52. The molecule has 0 saturated heterocycles. The van der Waals surface area contributed by atoms with Crippen LogP contribution >= 0.6 is 0 Å². The summed E-state index contributed by atoms with van der Waals surface area (Å²) in [6.45, 7) is 4.05. The van der Waals surface area contributed by atoms with E-state index in [9.17, 15) is 4.39 Å². The lowest BCUT2D eigenvalue weighted by Gasteiger charge is -2.05. The molecule has 0 bridgehead atoms. The van der Waals surface area contributed by atoms with Gasteiger partial charge in [-0.1, -0.05) is 13.8 Å². The minimum atomic E-state index is -0.315. The van der Waals surface area contributed by atoms with Crippen LogP contribution < -0.4 is 4.74 Å². The first-order chi connectivity index (χ1) is 7.11. The van der Waals surface area contributed by atoms with Crippen LogP contribution in [0.3, 0.4) is 0 Å². The highest BCUT2D eigenvalue weighted by molar-refractivity contribution is 5.45. The molecule has 0 fully saturated rings. The van der Waals surface area contributed by atoms with Gasteiger partial charge in [0.25, 0.3) is 0 Å². The first-order valence-electron chi connectivity index (χ1n) is 4.84. The van der Waals surface area contributed by atoms with Crippen LogP contribution in [-0.4, -0.2) is 16.5 Å². The largest absolute Gasteiger partial charge is 0.480 e. The van der Waals surface area contributed by atoms with Gasteiger partial charge in [-0.3, -0.25) is 0 Å². The lowest BCUT2D eigenvalue weighted by Crippen LogP contribution is -1.95. The minimum absolute atomic E-state index is 0.289. The van der Waals surface area contributed by atoms with E-state index in [1.54, 1.807) is 10.6 Å². The number of methoxy groups -OCH3 is 1. The number of halogens is 1. The van der Waals surface area contributed by atoms with Gasteiger partial charge in [-0.25, -0.2) is 4.39 Å². The van der Waals surface area contributed by atoms with Crippen molar-refractivity contribution in [3.05, 3.63) is 29.8 Å². The predicted molar refractivity (Wildman–Crippen MR) is 55.8 cm³/mol. The number of fused-ring (bicyclic) bond motifs is 1. The van der Waals surface area contributed by atoms with Crippen molar-refractivity contribution >= 4 is 5.65 Å². The van der Waals surface area contributed by atoms with E-state index in [4.69, 9.17) is 4.74 Å². The van der Waals surface area contributed by atoms with Gasteiger partial charge in [0.1, 0.15) is 0 Å². The third kappa shape index (κ3) is 1.67. The van der Waals surface area contributed by atoms with Gasteiger partial charge in [-0.05, 0) is 17.5 Å². The maximum atomic E-state index is 13.6. The van der Waals surface area contributed by atoms with Crippen molar-refractivity contribution in [1.82, 2.24) is 9.38 Å². The van der Waals surface area contributed by atoms with Gasteiger partial charge in [0, 0.05) is 6.20 Å². The molecule has 0 aliphatic carbocycles. The highest BCUT2D eigenvalue weighted by atomic mass is 19.1. The van der Waals surface area contributed by atoms with E-state index in [1.807, 2.05) is 20.0 Å². The Morgan fingerprint density at radius 3 is 2.73 bits per heavy atom. The fraction of sp³-hybridized carbons (Fsp3) is 0.364. The number of pyridine rings is 1. The van der Waals surface area contributed by atoms with Crippen molar-refractivity contribution in [2.75, 3.05) is 7.11 Å². The number of rotatable bonds is 2. The maximum Gasteiger partial charge on any atom is 0.232 e. The highest BCUT2D eigenvalue weighted by Gasteiger charge is 2.10. The van der Waals surface area contributed by atoms with E-state index >= 15 is 0 Å². The quantitative estimate of drug-likeness (QED) is 0.758. The van der Waals surface area contributed by atoms with E-state index in [2.05, 4.69) is 4.98 Å². The summed E-state index contributed by atoms with van der Waals surface area (Å²) in [5.41, 5.74) is 1.25. The Kier molecular flexibility index (Phi) is 2.34. The second-order valence-electron chi connectivity index (χ2n) is 3.79. The average Bonchev–Trinajstić information content (AvgIpc) is 2.61. The molecule has 2 aromatic rings. The average molecular weight is 208 g/mol. The van der Waals surface area contributed by atoms with E-state index in [-0.39, 0.29) is 11.7 Å². The standard InChI is InChI=1S/C11H13FN2O/c1-7(2)8-4-9(12)11-13-10(15-3)6-14(11)5-8/h4-7H,1-3H3. The third-order valence-corrected chi connectivity index (χ3v) is 2.38. The number of hydrogen-bond acceptors (Lipinski definition) is 2. The molecule has 0 atom stereocenters. The SMILES string of the molecule is COc1cn2cc(C(C)C)cc(F)c2n1. The van der Waals surface area contributed by atoms with Crippen LogP contribution in [0.5, 0.6) is 5.88 Å². The van der Waals surface area contributed by atoms with Gasteiger partial charge in [0.15, 0.2) is 11.5 Å². The molecule has 0 spiro atoms. The first-order valence-corrected chi connectivity index (χ1v) is 4.84. The zero-order valence-corrected chi connectivity index (χ0v) is 8.99. The van der Waals surface area contributed by atoms with Crippen LogP contribution in [0, 0.1) is 5.82 Å². The van der Waals surface area contributed by atoms with E-state index in [1.165, 1.54) is 13.2 Å². The summed E-state index contributed by atoms with van der Waals surface area (Å²) in [6.07, 6.45) is 3.54. The molecule has 0 N–H and O–H groups in total. The summed E-state index contributed by atoms with van der Waals surface area (Å²) in [7, 11) is 1.52. The second kappa shape index (κ2) is 3.53. The molecule has 0 saturated carbocycles. The number of aromatic nitrogens is 2. The fourth-order valence-corrected chi connectivity index (χ4v) is 1.47. The minimum Gasteiger partial charge on any atom is -0.480 e. The van der Waals surface area contributed by atoms with Gasteiger partial charge in [-0.15, -0.1) is 0 Å². The van der Waals surface area contributed by atoms with E-state index < -0.39 is 0 Å². The summed E-state index contributed by atoms with van der Waals surface area (Å²) < 4.78 is 20.2. The zero-order valence-electron chi connectivity index (χ0n) is 8.99. The van der Waals surface area contributed by atoms with E-state index in [0.29, 0.717) is 11.5 Å². The molecule has 0 aliphatic rings. The number of nitrogens with zero attached hydrogens (tertiary/aromatic N) is 2. The van der Waals surface area contributed by atoms with Crippen LogP contribution in [0.2, 0.25) is 0 Å². The Hall–Kier alpha value is -1.58. The van der Waals surface area contributed by atoms with Crippen LogP contribution in [0.4, 0.5) is 4.39 Å². The molecular formula is C11H13FN2O. The summed E-state index contributed by atoms with van der Waals surface area (Å²) >= 11 is 0. The van der Waals surface area contributed by atoms with Crippen molar-refractivity contribution in [2.24, 2.45) is 0 Å². The lowest BCUT2D eigenvalue weighted by atomic mass is 10.1. The van der Waals surface area contributed by atoms with Crippen molar-refractivity contribution in [2.45, 2.75) is 19.8 Å². The number of ether oxygens (including phenoxy) is 1. The Balaban J connectivity index is 2.65. The Bertz CT molecular complexity index is 491. The molecule has 0 aromatic carbocycles. The molecule has 15 heavy (non-hydrogen) atoms. The van der Waals surface area contributed by atoms with E-state index in [0.717, 1.165) is 5.56 Å². The second-order valence-corrected chi connectivity index (χ2v) is 3.79. The van der Waals surface area contributed by atoms with Crippen molar-refractivity contribution in [3.8, 4) is 5.88 Å². The molecular weight excluding hydrogens is 195 g/mol. The van der Waals surface area contributed by atoms with Gasteiger partial charge in [0.2, 0.25) is 5.88 Å². The van der Waals surface area contributed by atoms with Crippen molar-refractivity contribution < 1.29 is 9.13 Å². The number of imidazole rings is 1. The van der Waals surface area contributed by atoms with Gasteiger partial charge >= 0.3 is 0 Å². The van der Waals surface area contributed by atoms with Crippen LogP contribution in [-0.2, 0) is 0 Å². The monoisotopic (exact) mass is 208 g/mol. The molecule has 2 rings (SSSR count). The maximum absolute atomic E-state index is 13.6. The molecule has 3 nitrogen and oxygen atoms in total. The summed E-state index contributed by atoms with van der Waals surface area (Å²) in [5.74, 6) is 0.400. The highest BCUT2D eigenvalue weighted by Crippen LogP contribution is 2.20. The molecule has 0 radical (unpaired) electrons.